The maximum Gasteiger partial charge on any atom is 0.352 e. The van der Waals surface area contributed by atoms with Crippen LogP contribution in [0.4, 0.5) is 5.13 Å². The highest BCUT2D eigenvalue weighted by Crippen LogP contribution is 2.40. The second-order valence-electron chi connectivity index (χ2n) is 12.5. The molecular formula is C34H36ClN10O5S2+. The first-order chi connectivity index (χ1) is 25.1. The topological polar surface area (TPSA) is 206 Å². The zero-order chi connectivity index (χ0) is 36.5. The summed E-state index contributed by atoms with van der Waals surface area (Å²) in [6.45, 7) is 2.74. The lowest BCUT2D eigenvalue weighted by Gasteiger charge is -2.49. The summed E-state index contributed by atoms with van der Waals surface area (Å²) in [5.41, 5.74) is 15.2. The molecule has 0 aliphatic carbocycles. The number of oxime groups is 1. The molecule has 270 valence electrons. The summed E-state index contributed by atoms with van der Waals surface area (Å²) < 4.78 is 4.18. The molecule has 1 aromatic carbocycles. The van der Waals surface area contributed by atoms with Crippen molar-refractivity contribution in [3.8, 4) is 0 Å². The van der Waals surface area contributed by atoms with Gasteiger partial charge in [0.05, 0.1) is 6.04 Å². The van der Waals surface area contributed by atoms with Crippen LogP contribution in [0.3, 0.4) is 0 Å². The van der Waals surface area contributed by atoms with Crippen LogP contribution in [-0.4, -0.2) is 92.3 Å². The maximum absolute atomic E-state index is 13.4. The Morgan fingerprint density at radius 3 is 2.75 bits per heavy atom. The van der Waals surface area contributed by atoms with Gasteiger partial charge in [-0.2, -0.15) is 4.57 Å². The Morgan fingerprint density at radius 2 is 2.06 bits per heavy atom. The highest BCUT2D eigenvalue weighted by molar-refractivity contribution is 8.00. The number of amides is 2. The van der Waals surface area contributed by atoms with Crippen molar-refractivity contribution in [2.75, 3.05) is 31.7 Å². The number of anilines is 1. The number of aliphatic carboxylic acids is 1. The van der Waals surface area contributed by atoms with Crippen LogP contribution in [0, 0.1) is 0 Å². The number of pyridine rings is 1. The van der Waals surface area contributed by atoms with Crippen LogP contribution in [-0.2, 0) is 32.3 Å². The van der Waals surface area contributed by atoms with Crippen molar-refractivity contribution >= 4 is 80.1 Å². The van der Waals surface area contributed by atoms with Crippen molar-refractivity contribution in [3.05, 3.63) is 87.4 Å². The van der Waals surface area contributed by atoms with Gasteiger partial charge in [0.25, 0.3) is 11.8 Å². The Kier molecular flexibility index (Phi) is 10.2. The van der Waals surface area contributed by atoms with Gasteiger partial charge in [0.1, 0.15) is 45.6 Å². The van der Waals surface area contributed by atoms with Crippen LogP contribution in [0.5, 0.6) is 0 Å². The Labute approximate surface area is 311 Å². The molecular weight excluding hydrogens is 728 g/mol. The third-order valence-corrected chi connectivity index (χ3v) is 11.5. The summed E-state index contributed by atoms with van der Waals surface area (Å²) >= 11 is 8.52. The molecule has 7 N–H and O–H groups in total. The Hall–Kier alpha value is -4.97. The van der Waals surface area contributed by atoms with Crippen LogP contribution < -0.4 is 26.7 Å². The van der Waals surface area contributed by atoms with E-state index in [0.29, 0.717) is 23.7 Å². The molecule has 3 aliphatic heterocycles. The largest absolute Gasteiger partial charge is 0.477 e. The summed E-state index contributed by atoms with van der Waals surface area (Å²) in [5, 5.41) is 20.5. The number of nitrogens with two attached hydrogens (primary N) is 2. The van der Waals surface area contributed by atoms with Gasteiger partial charge >= 0.3 is 5.97 Å². The van der Waals surface area contributed by atoms with E-state index >= 15 is 0 Å². The minimum atomic E-state index is -1.22. The van der Waals surface area contributed by atoms with Crippen LogP contribution >= 0.6 is 34.7 Å². The fourth-order valence-corrected chi connectivity index (χ4v) is 8.84. The highest BCUT2D eigenvalue weighted by Gasteiger charge is 2.55. The fraction of sp³-hybridized carbons (Fsp3) is 0.324. The number of rotatable bonds is 11. The smallest absolute Gasteiger partial charge is 0.352 e. The molecule has 7 rings (SSSR count). The van der Waals surface area contributed by atoms with E-state index in [4.69, 9.17) is 32.9 Å². The Bertz CT molecular complexity index is 2140. The molecule has 0 radical (unpaired) electrons. The van der Waals surface area contributed by atoms with Gasteiger partial charge in [0.2, 0.25) is 0 Å². The maximum atomic E-state index is 13.4. The van der Waals surface area contributed by atoms with E-state index in [-0.39, 0.29) is 39.2 Å². The molecule has 4 aromatic rings. The third-order valence-electron chi connectivity index (χ3n) is 9.10. The summed E-state index contributed by atoms with van der Waals surface area (Å²) in [7, 11) is 1.26. The highest BCUT2D eigenvalue weighted by atomic mass is 35.5. The van der Waals surface area contributed by atoms with Crippen molar-refractivity contribution in [3.63, 3.8) is 0 Å². The lowest BCUT2D eigenvalue weighted by Crippen LogP contribution is -2.71. The molecule has 3 atom stereocenters. The number of carboxylic acid groups (broad SMARTS) is 1. The molecule has 3 aliphatic rings. The number of β-lactam (4-membered cyclic amide) rings is 1. The minimum Gasteiger partial charge on any atom is -0.477 e. The van der Waals surface area contributed by atoms with Gasteiger partial charge in [-0.05, 0) is 31.0 Å². The van der Waals surface area contributed by atoms with Crippen molar-refractivity contribution in [2.24, 2.45) is 15.9 Å². The van der Waals surface area contributed by atoms with Crippen molar-refractivity contribution in [2.45, 2.75) is 43.4 Å². The number of piperidine rings is 1. The molecule has 2 saturated heterocycles. The van der Waals surface area contributed by atoms with Gasteiger partial charge < -0.3 is 36.6 Å². The number of aliphatic imine (C=N–C) groups is 1. The number of hydrogen-bond acceptors (Lipinski definition) is 11. The Morgan fingerprint density at radius 1 is 1.25 bits per heavy atom. The molecule has 18 heteroatoms. The number of hydrogen-bond donors (Lipinski definition) is 5. The lowest BCUT2D eigenvalue weighted by molar-refractivity contribution is -0.687. The summed E-state index contributed by atoms with van der Waals surface area (Å²) in [6, 6.07) is 11.3. The SMILES string of the molecule is CO/N=C(\C(=O)N[C@@H]1C(=O)N2C(C(=O)O)=C(C[n+]3ccc4ccn(Cc5ccc(C(N)=NC6CCCNC6)cc5)c4c3)CS[C@H]12)c1nc(N)sc1Cl. The normalized spacial score (nSPS) is 20.8. The molecule has 2 fully saturated rings. The molecule has 3 aromatic heterocycles. The number of benzene rings is 1. The summed E-state index contributed by atoms with van der Waals surface area (Å²) in [5.74, 6) is -1.66. The van der Waals surface area contributed by atoms with Gasteiger partial charge in [-0.25, -0.2) is 9.78 Å². The Balaban J connectivity index is 1.05. The van der Waals surface area contributed by atoms with Gasteiger partial charge in [-0.15, -0.1) is 11.8 Å². The number of nitrogen functional groups attached to an aromatic ring is 1. The van der Waals surface area contributed by atoms with Crippen LogP contribution in [0.15, 0.2) is 76.4 Å². The van der Waals surface area contributed by atoms with Crippen molar-refractivity contribution < 1.29 is 28.9 Å². The number of fused-ring (bicyclic) bond motifs is 2. The molecule has 6 heterocycles. The number of amidine groups is 1. The predicted octanol–water partition coefficient (Wildman–Crippen LogP) is 1.92. The van der Waals surface area contributed by atoms with Gasteiger partial charge in [-0.1, -0.05) is 52.4 Å². The quantitative estimate of drug-likeness (QED) is 0.0493. The zero-order valence-corrected chi connectivity index (χ0v) is 30.4. The monoisotopic (exact) mass is 763 g/mol. The van der Waals surface area contributed by atoms with E-state index in [9.17, 15) is 19.5 Å². The first kappa shape index (κ1) is 35.4. The number of nitrogens with zero attached hydrogens (tertiary/aromatic N) is 6. The second-order valence-corrected chi connectivity index (χ2v) is 15.3. The molecule has 52 heavy (non-hydrogen) atoms. The zero-order valence-electron chi connectivity index (χ0n) is 28.0. The number of carbonyl (C=O) groups is 3. The summed E-state index contributed by atoms with van der Waals surface area (Å²) in [4.78, 5) is 54.0. The predicted molar refractivity (Wildman–Crippen MR) is 199 cm³/mol. The van der Waals surface area contributed by atoms with Crippen molar-refractivity contribution in [1.29, 1.82) is 0 Å². The van der Waals surface area contributed by atoms with Gasteiger partial charge in [0.15, 0.2) is 29.8 Å². The number of carboxylic acids is 1. The molecule has 0 saturated carbocycles. The average Bonchev–Trinajstić information content (AvgIpc) is 3.70. The molecule has 0 bridgehead atoms. The number of carbonyl (C=O) groups excluding carboxylic acids is 2. The van der Waals surface area contributed by atoms with Crippen molar-refractivity contribution in [1.82, 2.24) is 25.1 Å². The first-order valence-electron chi connectivity index (χ1n) is 16.5. The molecule has 0 spiro atoms. The number of halogens is 1. The number of aromatic nitrogens is 3. The van der Waals surface area contributed by atoms with Gasteiger partial charge in [0, 0.05) is 47.6 Å². The van der Waals surface area contributed by atoms with Crippen LogP contribution in [0.25, 0.3) is 10.9 Å². The van der Waals surface area contributed by atoms with Gasteiger partial charge in [-0.3, -0.25) is 19.5 Å². The van der Waals surface area contributed by atoms with E-state index in [1.807, 2.05) is 59.6 Å². The lowest BCUT2D eigenvalue weighted by atomic mass is 10.0. The third kappa shape index (κ3) is 7.08. The van der Waals surface area contributed by atoms with E-state index in [0.717, 1.165) is 59.3 Å². The minimum absolute atomic E-state index is 0.0215. The van der Waals surface area contributed by atoms with Crippen LogP contribution in [0.1, 0.15) is 29.7 Å². The summed E-state index contributed by atoms with van der Waals surface area (Å²) in [6.07, 6.45) is 8.02. The van der Waals surface area contributed by atoms with E-state index in [2.05, 4.69) is 25.3 Å². The number of thioether (sulfide) groups is 1. The second kappa shape index (κ2) is 14.9. The number of nitrogens with one attached hydrogen (secondary N) is 2. The van der Waals surface area contributed by atoms with E-state index in [1.54, 1.807) is 0 Å². The molecule has 15 nitrogen and oxygen atoms in total. The standard InChI is InChI=1S/C34H35ClN10O5S2/c1-50-42-25(24-28(35)52-34(37)41-24)30(46)40-26-31(47)45-27(33(48)49)21(17-51-32(26)45)15-43-11-8-19-9-12-44(23(19)16-43)14-18-4-6-20(7-5-18)29(36)39-22-3-2-10-38-13-22/h4-9,11-12,16,22,26,32,38H,2-3,10,13-15,17H2,1H3,(H5-,36,37,39,40,41,46,48,49)/p+1/b42-25-/t22?,26-,32-/m1/s1. The van der Waals surface area contributed by atoms with Crippen LogP contribution in [0.2, 0.25) is 4.34 Å². The van der Waals surface area contributed by atoms with E-state index < -0.39 is 29.2 Å². The number of thiazole rings is 1. The fourth-order valence-electron chi connectivity index (χ4n) is 6.58. The first-order valence-corrected chi connectivity index (χ1v) is 18.7. The molecule has 2 amide bonds. The average molecular weight is 764 g/mol. The van der Waals surface area contributed by atoms with E-state index in [1.165, 1.54) is 23.8 Å². The molecule has 1 unspecified atom stereocenters.